The fourth-order valence-corrected chi connectivity index (χ4v) is 2.22. The van der Waals surface area contributed by atoms with Gasteiger partial charge >= 0.3 is 0 Å². The van der Waals surface area contributed by atoms with E-state index in [9.17, 15) is 0 Å². The Labute approximate surface area is 115 Å². The van der Waals surface area contributed by atoms with Gasteiger partial charge in [-0.25, -0.2) is 0 Å². The monoisotopic (exact) mass is 254 g/mol. The summed E-state index contributed by atoms with van der Waals surface area (Å²) in [6.45, 7) is 9.58. The Hall–Kier alpha value is -1.67. The lowest BCUT2D eigenvalue weighted by molar-refractivity contribution is 0.571. The molecule has 0 aliphatic carbocycles. The second-order valence-electron chi connectivity index (χ2n) is 5.25. The number of nitrogens with one attached hydrogen (secondary N) is 1. The summed E-state index contributed by atoms with van der Waals surface area (Å²) < 4.78 is 0. The molecule has 0 radical (unpaired) electrons. The van der Waals surface area contributed by atoms with Gasteiger partial charge in [0, 0.05) is 25.0 Å². The molecule has 19 heavy (non-hydrogen) atoms. The molecule has 0 saturated heterocycles. The maximum atomic E-state index is 4.16. The highest BCUT2D eigenvalue weighted by Crippen LogP contribution is 2.17. The molecule has 2 nitrogen and oxygen atoms in total. The van der Waals surface area contributed by atoms with Crippen LogP contribution >= 0.6 is 0 Å². The van der Waals surface area contributed by atoms with Crippen LogP contribution in [0.15, 0.2) is 36.7 Å². The zero-order valence-corrected chi connectivity index (χ0v) is 12.2. The molecule has 0 amide bonds. The lowest BCUT2D eigenvalue weighted by Crippen LogP contribution is -2.18. The lowest BCUT2D eigenvalue weighted by Gasteiger charge is -2.16. The summed E-state index contributed by atoms with van der Waals surface area (Å²) in [5.41, 5.74) is 6.68. The van der Waals surface area contributed by atoms with Crippen molar-refractivity contribution in [2.45, 2.75) is 40.3 Å². The summed E-state index contributed by atoms with van der Waals surface area (Å²) in [6, 6.07) is 8.95. The minimum Gasteiger partial charge on any atom is -0.306 e. The number of hydrogen-bond acceptors (Lipinski definition) is 2. The molecule has 2 heteroatoms. The van der Waals surface area contributed by atoms with E-state index in [0.29, 0.717) is 6.04 Å². The third-order valence-electron chi connectivity index (χ3n) is 3.74. The number of aromatic nitrogens is 1. The molecule has 0 unspecified atom stereocenters. The van der Waals surface area contributed by atoms with Gasteiger partial charge in [0.25, 0.3) is 0 Å². The van der Waals surface area contributed by atoms with Crippen molar-refractivity contribution in [1.82, 2.24) is 10.3 Å². The van der Waals surface area contributed by atoms with E-state index in [4.69, 9.17) is 0 Å². The second kappa shape index (κ2) is 5.98. The molecule has 1 atom stereocenters. The van der Waals surface area contributed by atoms with E-state index in [1.165, 1.54) is 27.8 Å². The third kappa shape index (κ3) is 3.42. The van der Waals surface area contributed by atoms with Gasteiger partial charge < -0.3 is 5.32 Å². The first kappa shape index (κ1) is 13.8. The van der Waals surface area contributed by atoms with Crippen molar-refractivity contribution in [2.24, 2.45) is 0 Å². The van der Waals surface area contributed by atoms with Crippen LogP contribution in [0.2, 0.25) is 0 Å². The van der Waals surface area contributed by atoms with E-state index in [1.807, 2.05) is 18.5 Å². The van der Waals surface area contributed by atoms with Crippen molar-refractivity contribution in [1.29, 1.82) is 0 Å². The molecule has 0 fully saturated rings. The molecule has 1 heterocycles. The van der Waals surface area contributed by atoms with E-state index < -0.39 is 0 Å². The summed E-state index contributed by atoms with van der Waals surface area (Å²) in [4.78, 5) is 4.16. The molecular weight excluding hydrogens is 232 g/mol. The second-order valence-corrected chi connectivity index (χ2v) is 5.25. The first-order valence-corrected chi connectivity index (χ1v) is 6.78. The van der Waals surface area contributed by atoms with E-state index >= 15 is 0 Å². The fraction of sp³-hybridized carbons (Fsp3) is 0.353. The highest BCUT2D eigenvalue weighted by atomic mass is 14.9. The molecule has 0 spiro atoms. The number of rotatable bonds is 4. The van der Waals surface area contributed by atoms with Crippen LogP contribution in [0.1, 0.15) is 40.8 Å². The minimum atomic E-state index is 0.315. The molecule has 1 aromatic carbocycles. The number of aryl methyl sites for hydroxylation is 3. The van der Waals surface area contributed by atoms with Crippen molar-refractivity contribution in [3.05, 3.63) is 64.5 Å². The molecule has 100 valence electrons. The lowest BCUT2D eigenvalue weighted by atomic mass is 10.0. The van der Waals surface area contributed by atoms with Gasteiger partial charge in [-0.05, 0) is 61.6 Å². The van der Waals surface area contributed by atoms with Crippen LogP contribution in [-0.2, 0) is 6.54 Å². The van der Waals surface area contributed by atoms with Gasteiger partial charge in [-0.1, -0.05) is 18.2 Å². The Balaban J connectivity index is 2.05. The van der Waals surface area contributed by atoms with Crippen molar-refractivity contribution in [2.75, 3.05) is 0 Å². The summed E-state index contributed by atoms with van der Waals surface area (Å²) in [6.07, 6.45) is 3.73. The number of pyridine rings is 1. The van der Waals surface area contributed by atoms with Crippen molar-refractivity contribution < 1.29 is 0 Å². The van der Waals surface area contributed by atoms with E-state index in [-0.39, 0.29) is 0 Å². The average Bonchev–Trinajstić information content (AvgIpc) is 2.42. The summed E-state index contributed by atoms with van der Waals surface area (Å²) >= 11 is 0. The maximum absolute atomic E-state index is 4.16. The molecule has 0 bridgehead atoms. The molecule has 0 saturated carbocycles. The van der Waals surface area contributed by atoms with Crippen LogP contribution < -0.4 is 5.32 Å². The highest BCUT2D eigenvalue weighted by molar-refractivity contribution is 5.36. The van der Waals surface area contributed by atoms with Crippen LogP contribution in [0.3, 0.4) is 0 Å². The SMILES string of the molecule is Cc1cc(C)c(CN[C@@H](C)c2cccnc2)cc1C. The minimum absolute atomic E-state index is 0.315. The van der Waals surface area contributed by atoms with Crippen LogP contribution in [0.5, 0.6) is 0 Å². The Morgan fingerprint density at radius 2 is 1.84 bits per heavy atom. The highest BCUT2D eigenvalue weighted by Gasteiger charge is 2.06. The van der Waals surface area contributed by atoms with Gasteiger partial charge in [0.1, 0.15) is 0 Å². The Morgan fingerprint density at radius 3 is 2.53 bits per heavy atom. The Kier molecular flexibility index (Phi) is 4.33. The van der Waals surface area contributed by atoms with Gasteiger partial charge in [0.2, 0.25) is 0 Å². The van der Waals surface area contributed by atoms with E-state index in [0.717, 1.165) is 6.54 Å². The molecule has 2 aromatic rings. The molecule has 2 rings (SSSR count). The predicted octanol–water partition coefficient (Wildman–Crippen LogP) is 3.86. The molecule has 0 aliphatic rings. The number of nitrogens with zero attached hydrogens (tertiary/aromatic N) is 1. The van der Waals surface area contributed by atoms with Crippen molar-refractivity contribution >= 4 is 0 Å². The van der Waals surface area contributed by atoms with Crippen molar-refractivity contribution in [3.63, 3.8) is 0 Å². The average molecular weight is 254 g/mol. The third-order valence-corrected chi connectivity index (χ3v) is 3.74. The standard InChI is InChI=1S/C17H22N2/c1-12-8-14(3)17(9-13(12)2)11-19-15(4)16-6-5-7-18-10-16/h5-10,15,19H,11H2,1-4H3/t15-/m0/s1. The normalized spacial score (nSPS) is 12.4. The quantitative estimate of drug-likeness (QED) is 0.896. The zero-order chi connectivity index (χ0) is 13.8. The zero-order valence-electron chi connectivity index (χ0n) is 12.2. The van der Waals surface area contributed by atoms with Gasteiger partial charge in [-0.3, -0.25) is 4.98 Å². The van der Waals surface area contributed by atoms with Crippen LogP contribution in [0, 0.1) is 20.8 Å². The van der Waals surface area contributed by atoms with E-state index in [1.54, 1.807) is 0 Å². The smallest absolute Gasteiger partial charge is 0.0315 e. The first-order chi connectivity index (χ1) is 9.08. The fourth-order valence-electron chi connectivity index (χ4n) is 2.22. The molecule has 1 aromatic heterocycles. The summed E-state index contributed by atoms with van der Waals surface area (Å²) in [7, 11) is 0. The van der Waals surface area contributed by atoms with Crippen LogP contribution in [0.4, 0.5) is 0 Å². The van der Waals surface area contributed by atoms with Gasteiger partial charge in [-0.2, -0.15) is 0 Å². The van der Waals surface area contributed by atoms with Gasteiger partial charge in [0.05, 0.1) is 0 Å². The molecular formula is C17H22N2. The Morgan fingerprint density at radius 1 is 1.11 bits per heavy atom. The molecule has 1 N–H and O–H groups in total. The van der Waals surface area contributed by atoms with Gasteiger partial charge in [0.15, 0.2) is 0 Å². The van der Waals surface area contributed by atoms with Crippen LogP contribution in [0.25, 0.3) is 0 Å². The summed E-state index contributed by atoms with van der Waals surface area (Å²) in [5, 5.41) is 3.56. The topological polar surface area (TPSA) is 24.9 Å². The molecule has 0 aliphatic heterocycles. The van der Waals surface area contributed by atoms with Gasteiger partial charge in [-0.15, -0.1) is 0 Å². The summed E-state index contributed by atoms with van der Waals surface area (Å²) in [5.74, 6) is 0. The van der Waals surface area contributed by atoms with Crippen molar-refractivity contribution in [3.8, 4) is 0 Å². The largest absolute Gasteiger partial charge is 0.306 e. The number of benzene rings is 1. The van der Waals surface area contributed by atoms with E-state index in [2.05, 4.69) is 56.2 Å². The first-order valence-electron chi connectivity index (χ1n) is 6.78. The predicted molar refractivity (Wildman–Crippen MR) is 80.1 cm³/mol. The Bertz CT molecular complexity index is 547. The van der Waals surface area contributed by atoms with Crippen LogP contribution in [-0.4, -0.2) is 4.98 Å². The number of hydrogen-bond donors (Lipinski definition) is 1. The maximum Gasteiger partial charge on any atom is 0.0315 e.